The molecule has 0 spiro atoms. The van der Waals surface area contributed by atoms with Crippen molar-refractivity contribution in [1.29, 1.82) is 0 Å². The molecule has 0 saturated heterocycles. The monoisotopic (exact) mass is 316 g/mol. The van der Waals surface area contributed by atoms with Gasteiger partial charge in [0.15, 0.2) is 11.0 Å². The van der Waals surface area contributed by atoms with Crippen molar-refractivity contribution >= 4 is 23.6 Å². The molecule has 3 rings (SSSR count). The zero-order chi connectivity index (χ0) is 15.4. The van der Waals surface area contributed by atoms with Gasteiger partial charge in [-0.1, -0.05) is 11.6 Å². The smallest absolute Gasteiger partial charge is 0.168 e. The Morgan fingerprint density at radius 3 is 2.59 bits per heavy atom. The fourth-order valence-electron chi connectivity index (χ4n) is 1.73. The van der Waals surface area contributed by atoms with Crippen LogP contribution in [0.4, 0.5) is 10.2 Å². The number of aromatic nitrogens is 2. The van der Waals surface area contributed by atoms with Crippen molar-refractivity contribution in [2.24, 2.45) is 5.10 Å². The molecule has 5 nitrogen and oxygen atoms in total. The molecule has 0 aliphatic heterocycles. The minimum Gasteiger partial charge on any atom is -0.455 e. The normalized spacial score (nSPS) is 11.0. The predicted molar refractivity (Wildman–Crippen MR) is 82.4 cm³/mol. The van der Waals surface area contributed by atoms with E-state index < -0.39 is 0 Å². The van der Waals surface area contributed by atoms with E-state index in [4.69, 9.17) is 16.0 Å². The van der Waals surface area contributed by atoms with Gasteiger partial charge in [-0.25, -0.2) is 4.39 Å². The first-order valence-electron chi connectivity index (χ1n) is 6.35. The zero-order valence-corrected chi connectivity index (χ0v) is 12.0. The van der Waals surface area contributed by atoms with E-state index in [1.807, 2.05) is 0 Å². The third kappa shape index (κ3) is 3.48. The first-order valence-corrected chi connectivity index (χ1v) is 6.72. The van der Waals surface area contributed by atoms with Crippen LogP contribution in [0.2, 0.25) is 5.15 Å². The average molecular weight is 317 g/mol. The van der Waals surface area contributed by atoms with Crippen LogP contribution in [0.15, 0.2) is 58.0 Å². The van der Waals surface area contributed by atoms with Crippen molar-refractivity contribution in [2.45, 2.75) is 0 Å². The van der Waals surface area contributed by atoms with Gasteiger partial charge in [-0.15, -0.1) is 10.2 Å². The summed E-state index contributed by atoms with van der Waals surface area (Å²) in [6, 6.07) is 12.9. The maximum absolute atomic E-state index is 12.9. The van der Waals surface area contributed by atoms with E-state index in [0.717, 1.165) is 5.56 Å². The SMILES string of the molecule is Fc1ccc(-c2ccc(/C=N/Nc3ccc(Cl)nn3)o2)cc1. The lowest BCUT2D eigenvalue weighted by Crippen LogP contribution is -1.94. The van der Waals surface area contributed by atoms with Crippen LogP contribution >= 0.6 is 11.6 Å². The van der Waals surface area contributed by atoms with Crippen LogP contribution in [0.25, 0.3) is 11.3 Å². The Morgan fingerprint density at radius 2 is 1.86 bits per heavy atom. The Labute approximate surface area is 130 Å². The second kappa shape index (κ2) is 6.36. The Balaban J connectivity index is 1.67. The van der Waals surface area contributed by atoms with Gasteiger partial charge in [0.25, 0.3) is 0 Å². The lowest BCUT2D eigenvalue weighted by molar-refractivity contribution is 0.574. The van der Waals surface area contributed by atoms with E-state index in [-0.39, 0.29) is 5.82 Å². The number of hydrazone groups is 1. The number of nitrogens with zero attached hydrogens (tertiary/aromatic N) is 3. The van der Waals surface area contributed by atoms with E-state index in [0.29, 0.717) is 22.5 Å². The molecule has 3 aromatic rings. The highest BCUT2D eigenvalue weighted by Crippen LogP contribution is 2.21. The van der Waals surface area contributed by atoms with Crippen molar-refractivity contribution in [3.8, 4) is 11.3 Å². The third-order valence-corrected chi connectivity index (χ3v) is 2.96. The van der Waals surface area contributed by atoms with Gasteiger partial charge in [-0.3, -0.25) is 5.43 Å². The number of hydrogen-bond donors (Lipinski definition) is 1. The second-order valence-corrected chi connectivity index (χ2v) is 4.71. The van der Waals surface area contributed by atoms with Crippen LogP contribution in [0, 0.1) is 5.82 Å². The van der Waals surface area contributed by atoms with Crippen molar-refractivity contribution < 1.29 is 8.81 Å². The van der Waals surface area contributed by atoms with Gasteiger partial charge in [-0.2, -0.15) is 5.10 Å². The molecule has 0 atom stereocenters. The molecule has 7 heteroatoms. The number of halogens is 2. The molecular weight excluding hydrogens is 307 g/mol. The van der Waals surface area contributed by atoms with Gasteiger partial charge in [0.2, 0.25) is 0 Å². The summed E-state index contributed by atoms with van der Waals surface area (Å²) in [7, 11) is 0. The van der Waals surface area contributed by atoms with E-state index in [1.165, 1.54) is 18.3 Å². The lowest BCUT2D eigenvalue weighted by Gasteiger charge is -1.97. The van der Waals surface area contributed by atoms with Crippen LogP contribution in [0.3, 0.4) is 0 Å². The standard InChI is InChI=1S/C15H10ClFN4O/c16-14-7-8-15(21-19-14)20-18-9-12-5-6-13(22-12)10-1-3-11(17)4-2-10/h1-9H,(H,20,21)/b18-9+. The fourth-order valence-corrected chi connectivity index (χ4v) is 1.83. The molecule has 2 aromatic heterocycles. The van der Waals surface area contributed by atoms with Gasteiger partial charge < -0.3 is 4.42 Å². The maximum Gasteiger partial charge on any atom is 0.168 e. The number of rotatable bonds is 4. The molecule has 0 bridgehead atoms. The Morgan fingerprint density at radius 1 is 1.05 bits per heavy atom. The second-order valence-electron chi connectivity index (χ2n) is 4.32. The van der Waals surface area contributed by atoms with Crippen molar-refractivity contribution in [3.63, 3.8) is 0 Å². The Bertz CT molecular complexity index is 784. The maximum atomic E-state index is 12.9. The molecule has 0 amide bonds. The van der Waals surface area contributed by atoms with Crippen LogP contribution in [-0.2, 0) is 0 Å². The highest BCUT2D eigenvalue weighted by molar-refractivity contribution is 6.29. The van der Waals surface area contributed by atoms with Gasteiger partial charge in [0, 0.05) is 5.56 Å². The molecule has 22 heavy (non-hydrogen) atoms. The summed E-state index contributed by atoms with van der Waals surface area (Å²) in [6.45, 7) is 0. The summed E-state index contributed by atoms with van der Waals surface area (Å²) in [6.07, 6.45) is 1.50. The van der Waals surface area contributed by atoms with Crippen molar-refractivity contribution in [1.82, 2.24) is 10.2 Å². The number of benzene rings is 1. The predicted octanol–water partition coefficient (Wildman–Crippen LogP) is 3.98. The quantitative estimate of drug-likeness (QED) is 0.584. The third-order valence-electron chi connectivity index (χ3n) is 2.76. The molecule has 0 unspecified atom stereocenters. The number of nitrogens with one attached hydrogen (secondary N) is 1. The van der Waals surface area contributed by atoms with Crippen molar-refractivity contribution in [3.05, 3.63) is 65.3 Å². The van der Waals surface area contributed by atoms with E-state index >= 15 is 0 Å². The summed E-state index contributed by atoms with van der Waals surface area (Å²) in [4.78, 5) is 0. The minimum absolute atomic E-state index is 0.287. The molecule has 1 N–H and O–H groups in total. The highest BCUT2D eigenvalue weighted by Gasteiger charge is 2.03. The van der Waals surface area contributed by atoms with Crippen LogP contribution in [-0.4, -0.2) is 16.4 Å². The van der Waals surface area contributed by atoms with Crippen LogP contribution < -0.4 is 5.43 Å². The van der Waals surface area contributed by atoms with E-state index in [1.54, 1.807) is 36.4 Å². The number of furan rings is 1. The minimum atomic E-state index is -0.287. The Kier molecular flexibility index (Phi) is 4.11. The summed E-state index contributed by atoms with van der Waals surface area (Å²) < 4.78 is 18.5. The van der Waals surface area contributed by atoms with Gasteiger partial charge in [-0.05, 0) is 48.5 Å². The van der Waals surface area contributed by atoms with Crippen LogP contribution in [0.1, 0.15) is 5.76 Å². The lowest BCUT2D eigenvalue weighted by atomic mass is 10.2. The molecule has 0 radical (unpaired) electrons. The van der Waals surface area contributed by atoms with Gasteiger partial charge in [0.1, 0.15) is 17.3 Å². The van der Waals surface area contributed by atoms with E-state index in [2.05, 4.69) is 20.7 Å². The van der Waals surface area contributed by atoms with Gasteiger partial charge >= 0.3 is 0 Å². The Hall–Kier alpha value is -2.73. The van der Waals surface area contributed by atoms with Crippen molar-refractivity contribution in [2.75, 3.05) is 5.43 Å². The molecule has 0 aliphatic rings. The summed E-state index contributed by atoms with van der Waals surface area (Å²) in [5, 5.41) is 11.8. The molecule has 2 heterocycles. The highest BCUT2D eigenvalue weighted by atomic mass is 35.5. The summed E-state index contributed by atoms with van der Waals surface area (Å²) >= 11 is 5.63. The molecule has 110 valence electrons. The zero-order valence-electron chi connectivity index (χ0n) is 11.2. The van der Waals surface area contributed by atoms with Gasteiger partial charge in [0.05, 0.1) is 6.21 Å². The first-order chi connectivity index (χ1) is 10.7. The molecular formula is C15H10ClFN4O. The molecule has 0 fully saturated rings. The van der Waals surface area contributed by atoms with Crippen LogP contribution in [0.5, 0.6) is 0 Å². The summed E-state index contributed by atoms with van der Waals surface area (Å²) in [5.41, 5.74) is 3.49. The topological polar surface area (TPSA) is 63.3 Å². The number of anilines is 1. The number of hydrogen-bond acceptors (Lipinski definition) is 5. The molecule has 0 saturated carbocycles. The fraction of sp³-hybridized carbons (Fsp3) is 0. The van der Waals surface area contributed by atoms with E-state index in [9.17, 15) is 4.39 Å². The first kappa shape index (κ1) is 14.2. The average Bonchev–Trinajstić information content (AvgIpc) is 2.99. The largest absolute Gasteiger partial charge is 0.455 e. The molecule has 1 aromatic carbocycles. The molecule has 0 aliphatic carbocycles. The summed E-state index contributed by atoms with van der Waals surface area (Å²) in [5.74, 6) is 1.36.